The molecule has 2 heterocycles. The molecule has 0 radical (unpaired) electrons. The zero-order chi connectivity index (χ0) is 26.3. The van der Waals surface area contributed by atoms with Crippen LogP contribution in [0.25, 0.3) is 0 Å². The molecular weight excluding hydrogens is 470 g/mol. The lowest BCUT2D eigenvalue weighted by molar-refractivity contribution is -0.143. The number of methoxy groups -OCH3 is 1. The molecule has 198 valence electrons. The molecule has 1 aromatic carbocycles. The topological polar surface area (TPSA) is 103 Å². The second-order valence-electron chi connectivity index (χ2n) is 10.6. The average Bonchev–Trinajstić information content (AvgIpc) is 3.32. The van der Waals surface area contributed by atoms with Crippen molar-refractivity contribution in [2.45, 2.75) is 89.1 Å². The molecule has 2 aliphatic heterocycles. The van der Waals surface area contributed by atoms with Crippen molar-refractivity contribution in [2.24, 2.45) is 10.9 Å². The first-order valence-corrected chi connectivity index (χ1v) is 13.5. The molecule has 1 saturated carbocycles. The molecule has 0 spiro atoms. The standard InChI is InChI=1S/C29H37N3O5/c1-4-25(33)31-17(2)8-13-22-23(31)14-15-24-26(22)30-28(27(34)18-9-11-21(37-3)12-10-18)32(24)20-7-5-6-19(16-20)29(35)36/h9-12,14-15,17,19-20,24,26-27,34H,4-8,13,16H2,1-3H3,(H,35,36). The molecule has 1 fully saturated rings. The smallest absolute Gasteiger partial charge is 0.306 e. The monoisotopic (exact) mass is 507 g/mol. The summed E-state index contributed by atoms with van der Waals surface area (Å²) in [5, 5.41) is 21.3. The number of allylic oxidation sites excluding steroid dienone is 1. The highest BCUT2D eigenvalue weighted by atomic mass is 16.5. The molecule has 8 heteroatoms. The number of benzene rings is 1. The number of hydrogen-bond acceptors (Lipinski definition) is 6. The van der Waals surface area contributed by atoms with Crippen molar-refractivity contribution in [3.8, 4) is 5.75 Å². The number of fused-ring (bicyclic) bond motifs is 2. The van der Waals surface area contributed by atoms with Gasteiger partial charge in [-0.25, -0.2) is 0 Å². The van der Waals surface area contributed by atoms with E-state index in [9.17, 15) is 19.8 Å². The normalized spacial score (nSPS) is 29.9. The second-order valence-corrected chi connectivity index (χ2v) is 10.6. The van der Waals surface area contributed by atoms with Gasteiger partial charge in [-0.05, 0) is 68.4 Å². The van der Waals surface area contributed by atoms with E-state index >= 15 is 0 Å². The Bertz CT molecular complexity index is 1140. The lowest BCUT2D eigenvalue weighted by Gasteiger charge is -2.44. The van der Waals surface area contributed by atoms with Crippen LogP contribution in [0.3, 0.4) is 0 Å². The number of ether oxygens (including phenoxy) is 1. The SMILES string of the molecule is CCC(=O)N1C2=C(CCC1C)C1N=C(C(O)c3ccc(OC)cc3)N(C3CCCC(C(=O)O)C3)C1C=C2. The number of aliphatic hydroxyl groups is 1. The van der Waals surface area contributed by atoms with Crippen LogP contribution in [0, 0.1) is 5.92 Å². The van der Waals surface area contributed by atoms with Crippen molar-refractivity contribution in [1.82, 2.24) is 9.80 Å². The van der Waals surface area contributed by atoms with Gasteiger partial charge >= 0.3 is 5.97 Å². The predicted molar refractivity (Wildman–Crippen MR) is 140 cm³/mol. The molecule has 6 unspecified atom stereocenters. The minimum atomic E-state index is -0.949. The fourth-order valence-electron chi connectivity index (χ4n) is 6.53. The van der Waals surface area contributed by atoms with Crippen LogP contribution in [0.15, 0.2) is 52.7 Å². The van der Waals surface area contributed by atoms with Gasteiger partial charge in [-0.15, -0.1) is 0 Å². The summed E-state index contributed by atoms with van der Waals surface area (Å²) < 4.78 is 5.28. The van der Waals surface area contributed by atoms with Crippen LogP contribution < -0.4 is 4.74 Å². The number of carbonyl (C=O) groups excluding carboxylic acids is 1. The fourth-order valence-corrected chi connectivity index (χ4v) is 6.53. The Balaban J connectivity index is 1.54. The van der Waals surface area contributed by atoms with Crippen LogP contribution in [0.5, 0.6) is 5.75 Å². The zero-order valence-electron chi connectivity index (χ0n) is 21.8. The van der Waals surface area contributed by atoms with E-state index in [0.29, 0.717) is 36.4 Å². The van der Waals surface area contributed by atoms with Crippen molar-refractivity contribution >= 4 is 17.7 Å². The highest BCUT2D eigenvalue weighted by Crippen LogP contribution is 2.43. The van der Waals surface area contributed by atoms with Crippen LogP contribution >= 0.6 is 0 Å². The largest absolute Gasteiger partial charge is 0.497 e. The van der Waals surface area contributed by atoms with Crippen molar-refractivity contribution < 1.29 is 24.5 Å². The van der Waals surface area contributed by atoms with Gasteiger partial charge in [0, 0.05) is 24.2 Å². The summed E-state index contributed by atoms with van der Waals surface area (Å²) in [7, 11) is 1.61. The second kappa shape index (κ2) is 10.3. The molecule has 2 N–H and O–H groups in total. The Hall–Kier alpha value is -3.13. The van der Waals surface area contributed by atoms with E-state index in [1.54, 1.807) is 7.11 Å². The summed E-state index contributed by atoms with van der Waals surface area (Å²) in [5.74, 6) is 0.251. The molecule has 1 aromatic rings. The summed E-state index contributed by atoms with van der Waals surface area (Å²) in [6, 6.07) is 7.13. The Kier molecular flexibility index (Phi) is 7.12. The minimum absolute atomic E-state index is 0.0285. The van der Waals surface area contributed by atoms with Crippen molar-refractivity contribution in [2.75, 3.05) is 7.11 Å². The molecule has 0 aromatic heterocycles. The molecule has 0 saturated heterocycles. The molecule has 4 aliphatic rings. The summed E-state index contributed by atoms with van der Waals surface area (Å²) in [6.07, 6.45) is 8.28. The molecule has 0 bridgehead atoms. The number of aliphatic imine (C=N–C) groups is 1. The molecule has 5 rings (SSSR count). The van der Waals surface area contributed by atoms with E-state index in [4.69, 9.17) is 9.73 Å². The van der Waals surface area contributed by atoms with Crippen LogP contribution in [0.4, 0.5) is 0 Å². The third-order valence-corrected chi connectivity index (χ3v) is 8.49. The molecular formula is C29H37N3O5. The fraction of sp³-hybridized carbons (Fsp3) is 0.552. The van der Waals surface area contributed by atoms with Gasteiger partial charge < -0.3 is 24.7 Å². The van der Waals surface area contributed by atoms with Gasteiger partial charge in [-0.2, -0.15) is 0 Å². The third kappa shape index (κ3) is 4.56. The number of carbonyl (C=O) groups is 2. The molecule has 1 amide bonds. The Labute approximate surface area is 218 Å². The van der Waals surface area contributed by atoms with Gasteiger partial charge in [0.05, 0.1) is 25.1 Å². The predicted octanol–water partition coefficient (Wildman–Crippen LogP) is 4.07. The Morgan fingerprint density at radius 2 is 1.95 bits per heavy atom. The number of amides is 1. The average molecular weight is 508 g/mol. The number of carboxylic acid groups (broad SMARTS) is 1. The molecule has 37 heavy (non-hydrogen) atoms. The summed E-state index contributed by atoms with van der Waals surface area (Å²) in [4.78, 5) is 34.0. The first-order valence-electron chi connectivity index (χ1n) is 13.5. The Morgan fingerprint density at radius 3 is 2.62 bits per heavy atom. The molecule has 2 aliphatic carbocycles. The third-order valence-electron chi connectivity index (χ3n) is 8.49. The number of hydrogen-bond donors (Lipinski definition) is 2. The lowest BCUT2D eigenvalue weighted by Crippen LogP contribution is -2.51. The van der Waals surface area contributed by atoms with E-state index < -0.39 is 18.0 Å². The van der Waals surface area contributed by atoms with Crippen LogP contribution in [0.1, 0.15) is 70.5 Å². The number of nitrogens with zero attached hydrogens (tertiary/aromatic N) is 3. The number of aliphatic carboxylic acids is 1. The molecule has 8 nitrogen and oxygen atoms in total. The van der Waals surface area contributed by atoms with Gasteiger partial charge in [0.15, 0.2) is 0 Å². The highest BCUT2D eigenvalue weighted by Gasteiger charge is 2.47. The van der Waals surface area contributed by atoms with E-state index in [-0.39, 0.29) is 30.1 Å². The number of aliphatic hydroxyl groups excluding tert-OH is 1. The summed E-state index contributed by atoms with van der Waals surface area (Å²) in [5.41, 5.74) is 2.80. The van der Waals surface area contributed by atoms with Crippen LogP contribution in [0.2, 0.25) is 0 Å². The number of carboxylic acids is 1. The zero-order valence-corrected chi connectivity index (χ0v) is 21.8. The maximum atomic E-state index is 12.9. The van der Waals surface area contributed by atoms with Crippen molar-refractivity contribution in [1.29, 1.82) is 0 Å². The van der Waals surface area contributed by atoms with Gasteiger partial charge in [-0.1, -0.05) is 31.6 Å². The van der Waals surface area contributed by atoms with E-state index in [0.717, 1.165) is 37.0 Å². The van der Waals surface area contributed by atoms with Crippen molar-refractivity contribution in [3.63, 3.8) is 0 Å². The first kappa shape index (κ1) is 25.5. The van der Waals surface area contributed by atoms with E-state index in [2.05, 4.69) is 24.0 Å². The van der Waals surface area contributed by atoms with Gasteiger partial charge in [0.2, 0.25) is 5.91 Å². The Morgan fingerprint density at radius 1 is 1.19 bits per heavy atom. The van der Waals surface area contributed by atoms with E-state index in [1.807, 2.05) is 36.1 Å². The molecule has 6 atom stereocenters. The van der Waals surface area contributed by atoms with Gasteiger partial charge in [0.1, 0.15) is 17.7 Å². The van der Waals surface area contributed by atoms with Crippen molar-refractivity contribution in [3.05, 3.63) is 53.3 Å². The van der Waals surface area contributed by atoms with Gasteiger partial charge in [-0.3, -0.25) is 14.6 Å². The van der Waals surface area contributed by atoms with Gasteiger partial charge in [0.25, 0.3) is 0 Å². The number of rotatable bonds is 6. The lowest BCUT2D eigenvalue weighted by atomic mass is 9.81. The summed E-state index contributed by atoms with van der Waals surface area (Å²) in [6.45, 7) is 3.98. The summed E-state index contributed by atoms with van der Waals surface area (Å²) >= 11 is 0. The van der Waals surface area contributed by atoms with E-state index in [1.165, 1.54) is 0 Å². The maximum absolute atomic E-state index is 12.9. The van der Waals surface area contributed by atoms with Crippen LogP contribution in [-0.2, 0) is 9.59 Å². The maximum Gasteiger partial charge on any atom is 0.306 e. The number of amidine groups is 1. The minimum Gasteiger partial charge on any atom is -0.497 e. The first-order chi connectivity index (χ1) is 17.8. The highest BCUT2D eigenvalue weighted by molar-refractivity contribution is 5.91. The quantitative estimate of drug-likeness (QED) is 0.602. The van der Waals surface area contributed by atoms with Crippen LogP contribution in [-0.4, -0.2) is 69.0 Å².